The largest absolute Gasteiger partial charge is 0.320 e. The average Bonchev–Trinajstić information content (AvgIpc) is 2.90. The summed E-state index contributed by atoms with van der Waals surface area (Å²) in [4.78, 5) is 16.4. The first-order valence-electron chi connectivity index (χ1n) is 7.10. The highest BCUT2D eigenvalue weighted by Gasteiger charge is 2.15. The van der Waals surface area contributed by atoms with E-state index in [0.29, 0.717) is 17.1 Å². The Morgan fingerprint density at radius 3 is 2.70 bits per heavy atom. The Kier molecular flexibility index (Phi) is 3.89. The van der Waals surface area contributed by atoms with E-state index in [1.54, 1.807) is 49.5 Å². The molecule has 0 saturated heterocycles. The minimum Gasteiger partial charge on any atom is -0.320 e. The molecule has 0 aliphatic heterocycles. The van der Waals surface area contributed by atoms with Crippen molar-refractivity contribution >= 4 is 11.6 Å². The first-order valence-corrected chi connectivity index (χ1v) is 7.10. The monoisotopic (exact) mass is 310 g/mol. The zero-order chi connectivity index (χ0) is 16.4. The number of nitrogens with one attached hydrogen (secondary N) is 1. The molecule has 0 aliphatic carbocycles. The molecular formula is C17H15FN4O. The number of benzene rings is 1. The van der Waals surface area contributed by atoms with Gasteiger partial charge in [0, 0.05) is 23.3 Å². The van der Waals surface area contributed by atoms with Crippen LogP contribution in [0.3, 0.4) is 0 Å². The smallest absolute Gasteiger partial charge is 0.276 e. The summed E-state index contributed by atoms with van der Waals surface area (Å²) in [5.74, 6) is -0.746. The van der Waals surface area contributed by atoms with Crippen molar-refractivity contribution in [1.29, 1.82) is 0 Å². The maximum absolute atomic E-state index is 13.9. The molecule has 3 rings (SSSR count). The third-order valence-corrected chi connectivity index (χ3v) is 3.36. The normalized spacial score (nSPS) is 10.6. The van der Waals surface area contributed by atoms with Gasteiger partial charge in [0.2, 0.25) is 0 Å². The first kappa shape index (κ1) is 14.9. The van der Waals surface area contributed by atoms with Crippen molar-refractivity contribution in [3.63, 3.8) is 0 Å². The van der Waals surface area contributed by atoms with Crippen LogP contribution in [-0.2, 0) is 0 Å². The molecule has 0 unspecified atom stereocenters. The lowest BCUT2D eigenvalue weighted by atomic mass is 10.3. The van der Waals surface area contributed by atoms with E-state index >= 15 is 0 Å². The molecule has 6 heteroatoms. The second-order valence-electron chi connectivity index (χ2n) is 5.17. The molecular weight excluding hydrogens is 295 g/mol. The van der Waals surface area contributed by atoms with Crippen molar-refractivity contribution in [2.24, 2.45) is 0 Å². The zero-order valence-corrected chi connectivity index (χ0v) is 12.7. The molecule has 0 spiro atoms. The molecule has 5 nitrogen and oxygen atoms in total. The van der Waals surface area contributed by atoms with Gasteiger partial charge in [-0.25, -0.2) is 9.07 Å². The Bertz CT molecular complexity index is 873. The summed E-state index contributed by atoms with van der Waals surface area (Å²) in [5.41, 5.74) is 2.65. The number of carbonyl (C=O) groups is 1. The number of rotatable bonds is 3. The van der Waals surface area contributed by atoms with Gasteiger partial charge in [-0.2, -0.15) is 5.10 Å². The van der Waals surface area contributed by atoms with Crippen molar-refractivity contribution in [3.05, 3.63) is 71.6 Å². The van der Waals surface area contributed by atoms with Gasteiger partial charge in [-0.1, -0.05) is 12.1 Å². The minimum atomic E-state index is -0.393. The molecule has 0 aliphatic rings. The molecule has 1 N–H and O–H groups in total. The highest BCUT2D eigenvalue weighted by Crippen LogP contribution is 2.16. The zero-order valence-electron chi connectivity index (χ0n) is 12.7. The molecule has 2 heterocycles. The van der Waals surface area contributed by atoms with Gasteiger partial charge in [0.05, 0.1) is 0 Å². The van der Waals surface area contributed by atoms with Crippen LogP contribution in [0.4, 0.5) is 10.1 Å². The maximum Gasteiger partial charge on any atom is 0.276 e. The van der Waals surface area contributed by atoms with E-state index < -0.39 is 5.82 Å². The third-order valence-electron chi connectivity index (χ3n) is 3.36. The fraction of sp³-hybridized carbons (Fsp3) is 0.118. The van der Waals surface area contributed by atoms with Gasteiger partial charge < -0.3 is 5.32 Å². The summed E-state index contributed by atoms with van der Waals surface area (Å²) in [6, 6.07) is 11.4. The Hall–Kier alpha value is -3.02. The Labute approximate surface area is 132 Å². The highest BCUT2D eigenvalue weighted by molar-refractivity contribution is 6.02. The number of hydrogen-bond donors (Lipinski definition) is 1. The third kappa shape index (κ3) is 3.11. The molecule has 0 fully saturated rings. The van der Waals surface area contributed by atoms with Crippen LogP contribution in [0.2, 0.25) is 0 Å². The van der Waals surface area contributed by atoms with Crippen molar-refractivity contribution in [2.75, 3.05) is 5.32 Å². The fourth-order valence-electron chi connectivity index (χ4n) is 2.27. The number of para-hydroxylation sites is 1. The van der Waals surface area contributed by atoms with Crippen LogP contribution in [0.15, 0.2) is 48.7 Å². The van der Waals surface area contributed by atoms with Crippen molar-refractivity contribution in [2.45, 2.75) is 13.8 Å². The van der Waals surface area contributed by atoms with E-state index in [0.717, 1.165) is 5.69 Å². The van der Waals surface area contributed by atoms with Gasteiger partial charge in [-0.15, -0.1) is 0 Å². The maximum atomic E-state index is 13.9. The van der Waals surface area contributed by atoms with Gasteiger partial charge in [-0.3, -0.25) is 9.78 Å². The predicted octanol–water partition coefficient (Wildman–Crippen LogP) is 3.28. The number of halogens is 1. The second-order valence-corrected chi connectivity index (χ2v) is 5.17. The molecule has 0 radical (unpaired) electrons. The van der Waals surface area contributed by atoms with Crippen molar-refractivity contribution in [1.82, 2.24) is 14.8 Å². The van der Waals surface area contributed by atoms with E-state index in [1.165, 1.54) is 10.7 Å². The van der Waals surface area contributed by atoms with E-state index in [1.807, 2.05) is 6.92 Å². The van der Waals surface area contributed by atoms with Crippen LogP contribution in [-0.4, -0.2) is 20.7 Å². The quantitative estimate of drug-likeness (QED) is 0.807. The second kappa shape index (κ2) is 6.00. The SMILES string of the molecule is Cc1cc(NC(=O)c2cc(C)n(-c3ccccc3F)n2)ccn1. The number of anilines is 1. The topological polar surface area (TPSA) is 59.8 Å². The van der Waals surface area contributed by atoms with Gasteiger partial charge in [0.15, 0.2) is 5.69 Å². The number of pyridine rings is 1. The Morgan fingerprint density at radius 2 is 1.96 bits per heavy atom. The predicted molar refractivity (Wildman–Crippen MR) is 85.2 cm³/mol. The molecule has 116 valence electrons. The summed E-state index contributed by atoms with van der Waals surface area (Å²) < 4.78 is 15.3. The first-order chi connectivity index (χ1) is 11.0. The van der Waals surface area contributed by atoms with Crippen LogP contribution in [0, 0.1) is 19.7 Å². The highest BCUT2D eigenvalue weighted by atomic mass is 19.1. The number of hydrogen-bond acceptors (Lipinski definition) is 3. The number of amides is 1. The van der Waals surface area contributed by atoms with E-state index in [9.17, 15) is 9.18 Å². The van der Waals surface area contributed by atoms with Crippen molar-refractivity contribution in [3.8, 4) is 5.69 Å². The Balaban J connectivity index is 1.89. The molecule has 23 heavy (non-hydrogen) atoms. The van der Waals surface area contributed by atoms with Crippen LogP contribution >= 0.6 is 0 Å². The summed E-state index contributed by atoms with van der Waals surface area (Å²) >= 11 is 0. The fourth-order valence-corrected chi connectivity index (χ4v) is 2.27. The standard InChI is InChI=1S/C17H15FN4O/c1-11-9-13(7-8-19-11)20-17(23)15-10-12(2)22(21-15)16-6-4-3-5-14(16)18/h3-10H,1-2H3,(H,19,20,23). The lowest BCUT2D eigenvalue weighted by Gasteiger charge is -2.05. The summed E-state index contributed by atoms with van der Waals surface area (Å²) in [6.45, 7) is 3.61. The lowest BCUT2D eigenvalue weighted by molar-refractivity contribution is 0.102. The van der Waals surface area contributed by atoms with E-state index in [-0.39, 0.29) is 11.6 Å². The number of aromatic nitrogens is 3. The minimum absolute atomic E-state index is 0.222. The van der Waals surface area contributed by atoms with Gasteiger partial charge >= 0.3 is 0 Å². The summed E-state index contributed by atoms with van der Waals surface area (Å²) in [6.07, 6.45) is 1.62. The van der Waals surface area contributed by atoms with Crippen LogP contribution in [0.25, 0.3) is 5.69 Å². The number of aryl methyl sites for hydroxylation is 2. The van der Waals surface area contributed by atoms with E-state index in [2.05, 4.69) is 15.4 Å². The van der Waals surface area contributed by atoms with Gasteiger partial charge in [-0.05, 0) is 44.2 Å². The summed E-state index contributed by atoms with van der Waals surface area (Å²) in [7, 11) is 0. The lowest BCUT2D eigenvalue weighted by Crippen LogP contribution is -2.13. The molecule has 2 aromatic heterocycles. The van der Waals surface area contributed by atoms with Gasteiger partial charge in [0.25, 0.3) is 5.91 Å². The van der Waals surface area contributed by atoms with E-state index in [4.69, 9.17) is 0 Å². The van der Waals surface area contributed by atoms with Crippen LogP contribution < -0.4 is 5.32 Å². The molecule has 3 aromatic rings. The molecule has 0 saturated carbocycles. The van der Waals surface area contributed by atoms with Gasteiger partial charge in [0.1, 0.15) is 11.5 Å². The number of carbonyl (C=O) groups excluding carboxylic acids is 1. The van der Waals surface area contributed by atoms with Crippen LogP contribution in [0.5, 0.6) is 0 Å². The summed E-state index contributed by atoms with van der Waals surface area (Å²) in [5, 5.41) is 6.97. The molecule has 0 atom stereocenters. The molecule has 0 bridgehead atoms. The Morgan fingerprint density at radius 1 is 1.17 bits per heavy atom. The molecule has 1 amide bonds. The van der Waals surface area contributed by atoms with Crippen molar-refractivity contribution < 1.29 is 9.18 Å². The number of nitrogens with zero attached hydrogens (tertiary/aromatic N) is 3. The molecule has 1 aromatic carbocycles. The van der Waals surface area contributed by atoms with Crippen LogP contribution in [0.1, 0.15) is 21.9 Å². The average molecular weight is 310 g/mol.